The van der Waals surface area contributed by atoms with Gasteiger partial charge in [0.15, 0.2) is 5.76 Å². The minimum atomic E-state index is 0.194. The molecule has 7 nitrogen and oxygen atoms in total. The number of nitrogens with zero attached hydrogens (tertiary/aromatic N) is 5. The van der Waals surface area contributed by atoms with E-state index in [1.807, 2.05) is 30.3 Å². The van der Waals surface area contributed by atoms with Crippen molar-refractivity contribution in [3.63, 3.8) is 0 Å². The molecular formula is C17H13N5O2S. The van der Waals surface area contributed by atoms with E-state index in [0.29, 0.717) is 16.8 Å². The van der Waals surface area contributed by atoms with Crippen molar-refractivity contribution in [3.05, 3.63) is 66.7 Å². The Morgan fingerprint density at radius 3 is 2.64 bits per heavy atom. The van der Waals surface area contributed by atoms with Crippen LogP contribution in [0.25, 0.3) is 17.0 Å². The predicted octanol–water partition coefficient (Wildman–Crippen LogP) is 3.32. The van der Waals surface area contributed by atoms with Gasteiger partial charge in [-0.25, -0.2) is 4.98 Å². The fraction of sp³-hybridized carbons (Fsp3) is 0.0588. The summed E-state index contributed by atoms with van der Waals surface area (Å²) in [6.07, 6.45) is 1.72. The van der Waals surface area contributed by atoms with Crippen LogP contribution >= 0.6 is 11.8 Å². The predicted molar refractivity (Wildman–Crippen MR) is 92.3 cm³/mol. The number of phenolic OH excluding ortho intramolecular Hbond substituents is 1. The van der Waals surface area contributed by atoms with Crippen LogP contribution in [0.2, 0.25) is 0 Å². The average molecular weight is 351 g/mol. The number of hydrogen-bond donors (Lipinski definition) is 1. The summed E-state index contributed by atoms with van der Waals surface area (Å²) in [6, 6.07) is 16.5. The summed E-state index contributed by atoms with van der Waals surface area (Å²) in [5.41, 5.74) is 1.75. The van der Waals surface area contributed by atoms with Gasteiger partial charge >= 0.3 is 0 Å². The van der Waals surface area contributed by atoms with Crippen molar-refractivity contribution in [3.8, 4) is 22.8 Å². The molecule has 2 heterocycles. The van der Waals surface area contributed by atoms with Gasteiger partial charge in [0.25, 0.3) is 0 Å². The van der Waals surface area contributed by atoms with Gasteiger partial charge in [-0.05, 0) is 34.7 Å². The molecule has 0 atom stereocenters. The molecule has 124 valence electrons. The Bertz CT molecular complexity index is 966. The average Bonchev–Trinajstić information content (AvgIpc) is 3.31. The molecule has 8 heteroatoms. The molecule has 25 heavy (non-hydrogen) atoms. The molecule has 0 saturated heterocycles. The zero-order chi connectivity index (χ0) is 17.1. The van der Waals surface area contributed by atoms with Crippen molar-refractivity contribution in [2.75, 3.05) is 0 Å². The highest BCUT2D eigenvalue weighted by Crippen LogP contribution is 2.26. The van der Waals surface area contributed by atoms with Crippen molar-refractivity contribution in [2.45, 2.75) is 10.9 Å². The second kappa shape index (κ2) is 6.78. The zero-order valence-corrected chi connectivity index (χ0v) is 13.8. The number of hydrogen-bond acceptors (Lipinski definition) is 7. The van der Waals surface area contributed by atoms with Crippen LogP contribution in [-0.4, -0.2) is 30.3 Å². The molecule has 0 saturated carbocycles. The smallest absolute Gasteiger partial charge is 0.214 e. The Labute approximate surface area is 147 Å². The molecule has 2 aromatic carbocycles. The van der Waals surface area contributed by atoms with E-state index in [2.05, 4.69) is 20.5 Å². The molecule has 0 radical (unpaired) electrons. The number of benzene rings is 2. The number of phenols is 1. The number of aromatic hydroxyl groups is 1. The summed E-state index contributed by atoms with van der Waals surface area (Å²) < 4.78 is 7.39. The number of tetrazole rings is 1. The summed E-state index contributed by atoms with van der Waals surface area (Å²) in [6.45, 7) is 0. The lowest BCUT2D eigenvalue weighted by Crippen LogP contribution is -1.98. The van der Waals surface area contributed by atoms with Crippen LogP contribution in [0.4, 0.5) is 0 Å². The molecule has 0 aliphatic heterocycles. The minimum absolute atomic E-state index is 0.194. The van der Waals surface area contributed by atoms with Crippen molar-refractivity contribution in [2.24, 2.45) is 0 Å². The second-order valence-corrected chi connectivity index (χ2v) is 6.11. The van der Waals surface area contributed by atoms with E-state index in [1.54, 1.807) is 35.1 Å². The van der Waals surface area contributed by atoms with Crippen molar-refractivity contribution < 1.29 is 9.52 Å². The van der Waals surface area contributed by atoms with Gasteiger partial charge in [0, 0.05) is 5.56 Å². The molecule has 0 spiro atoms. The molecule has 0 aliphatic rings. The van der Waals surface area contributed by atoms with E-state index < -0.39 is 0 Å². The van der Waals surface area contributed by atoms with E-state index in [9.17, 15) is 5.11 Å². The van der Waals surface area contributed by atoms with Crippen LogP contribution in [-0.2, 0) is 5.75 Å². The minimum Gasteiger partial charge on any atom is -0.508 e. The molecule has 0 unspecified atom stereocenters. The molecule has 0 fully saturated rings. The Hall–Kier alpha value is -3.13. The highest BCUT2D eigenvalue weighted by atomic mass is 32.2. The van der Waals surface area contributed by atoms with Crippen LogP contribution in [0, 0.1) is 0 Å². The fourth-order valence-electron chi connectivity index (χ4n) is 2.26. The third-order valence-corrected chi connectivity index (χ3v) is 4.38. The highest BCUT2D eigenvalue weighted by molar-refractivity contribution is 7.98. The van der Waals surface area contributed by atoms with Crippen molar-refractivity contribution >= 4 is 11.8 Å². The Morgan fingerprint density at radius 1 is 1.04 bits per heavy atom. The van der Waals surface area contributed by atoms with Crippen LogP contribution in [0.15, 0.2) is 70.4 Å². The van der Waals surface area contributed by atoms with Crippen LogP contribution in [0.3, 0.4) is 0 Å². The molecule has 2 aromatic heterocycles. The van der Waals surface area contributed by atoms with Gasteiger partial charge in [-0.3, -0.25) is 0 Å². The summed E-state index contributed by atoms with van der Waals surface area (Å²) in [5, 5.41) is 21.7. The first-order valence-electron chi connectivity index (χ1n) is 7.50. The first-order chi connectivity index (χ1) is 12.3. The second-order valence-electron chi connectivity index (χ2n) is 5.16. The number of rotatable bonds is 5. The van der Waals surface area contributed by atoms with Crippen molar-refractivity contribution in [1.29, 1.82) is 0 Å². The first kappa shape index (κ1) is 15.4. The molecule has 0 bridgehead atoms. The maximum absolute atomic E-state index is 9.39. The van der Waals surface area contributed by atoms with Crippen LogP contribution < -0.4 is 0 Å². The molecule has 4 aromatic rings. The fourth-order valence-corrected chi connectivity index (χ4v) is 3.01. The summed E-state index contributed by atoms with van der Waals surface area (Å²) in [5.74, 6) is 2.03. The Balaban J connectivity index is 1.49. The van der Waals surface area contributed by atoms with Crippen LogP contribution in [0.1, 0.15) is 5.89 Å². The van der Waals surface area contributed by atoms with Gasteiger partial charge in [-0.1, -0.05) is 42.1 Å². The molecule has 4 rings (SSSR count). The van der Waals surface area contributed by atoms with Gasteiger partial charge < -0.3 is 9.52 Å². The molecule has 0 amide bonds. The van der Waals surface area contributed by atoms with E-state index in [-0.39, 0.29) is 5.75 Å². The summed E-state index contributed by atoms with van der Waals surface area (Å²) in [4.78, 5) is 4.31. The van der Waals surface area contributed by atoms with Gasteiger partial charge in [-0.2, -0.15) is 4.68 Å². The van der Waals surface area contributed by atoms with E-state index in [0.717, 1.165) is 17.0 Å². The first-order valence-corrected chi connectivity index (χ1v) is 8.49. The number of thioether (sulfide) groups is 1. The highest BCUT2D eigenvalue weighted by Gasteiger charge is 2.12. The Morgan fingerprint density at radius 2 is 1.84 bits per heavy atom. The van der Waals surface area contributed by atoms with Crippen LogP contribution in [0.5, 0.6) is 5.75 Å². The Kier molecular flexibility index (Phi) is 4.17. The maximum atomic E-state index is 9.39. The standard InChI is InChI=1S/C17H13N5O2S/c23-14-8-6-13(7-9-14)22-17(19-20-21-22)25-11-16-18-10-15(24-16)12-4-2-1-3-5-12/h1-10,23H,11H2. The third kappa shape index (κ3) is 3.38. The lowest BCUT2D eigenvalue weighted by atomic mass is 10.2. The van der Waals surface area contributed by atoms with Gasteiger partial charge in [0.2, 0.25) is 11.0 Å². The summed E-state index contributed by atoms with van der Waals surface area (Å²) in [7, 11) is 0. The number of oxazole rings is 1. The normalized spacial score (nSPS) is 10.9. The lowest BCUT2D eigenvalue weighted by Gasteiger charge is -2.03. The van der Waals surface area contributed by atoms with E-state index in [1.165, 1.54) is 11.8 Å². The van der Waals surface area contributed by atoms with E-state index in [4.69, 9.17) is 4.42 Å². The molecular weight excluding hydrogens is 338 g/mol. The maximum Gasteiger partial charge on any atom is 0.214 e. The lowest BCUT2D eigenvalue weighted by molar-refractivity contribution is 0.475. The topological polar surface area (TPSA) is 89.9 Å². The van der Waals surface area contributed by atoms with Gasteiger partial charge in [-0.15, -0.1) is 5.10 Å². The number of aromatic nitrogens is 5. The third-order valence-electron chi connectivity index (χ3n) is 3.47. The van der Waals surface area contributed by atoms with Gasteiger partial charge in [0.1, 0.15) is 5.75 Å². The molecule has 1 N–H and O–H groups in total. The van der Waals surface area contributed by atoms with Crippen molar-refractivity contribution in [1.82, 2.24) is 25.2 Å². The van der Waals surface area contributed by atoms with Gasteiger partial charge in [0.05, 0.1) is 17.6 Å². The van der Waals surface area contributed by atoms with E-state index >= 15 is 0 Å². The zero-order valence-electron chi connectivity index (χ0n) is 13.0. The molecule has 0 aliphatic carbocycles. The quantitative estimate of drug-likeness (QED) is 0.552. The summed E-state index contributed by atoms with van der Waals surface area (Å²) >= 11 is 1.42. The monoisotopic (exact) mass is 351 g/mol. The largest absolute Gasteiger partial charge is 0.508 e. The SMILES string of the molecule is Oc1ccc(-n2nnnc2SCc2ncc(-c3ccccc3)o2)cc1.